The fourth-order valence-electron chi connectivity index (χ4n) is 3.20. The molecule has 2 fully saturated rings. The van der Waals surface area contributed by atoms with Crippen molar-refractivity contribution in [2.24, 2.45) is 5.92 Å². The van der Waals surface area contributed by atoms with Gasteiger partial charge in [-0.05, 0) is 56.1 Å². The molecule has 2 aliphatic rings. The zero-order chi connectivity index (χ0) is 16.1. The number of amides is 1. The number of rotatable bonds is 4. The molecule has 0 unspecified atom stereocenters. The second-order valence-corrected chi connectivity index (χ2v) is 6.65. The zero-order valence-electron chi connectivity index (χ0n) is 14.0. The molecular weight excluding hydrogens is 290 g/mol. The highest BCUT2D eigenvalue weighted by Crippen LogP contribution is 2.19. The minimum atomic E-state index is 0.0821. The van der Waals surface area contributed by atoms with Crippen LogP contribution in [0, 0.1) is 5.92 Å². The number of nitrogens with one attached hydrogen (secondary N) is 1. The first-order valence-electron chi connectivity index (χ1n) is 8.65. The topological polar surface area (TPSA) is 44.8 Å². The Kier molecular flexibility index (Phi) is 5.51. The van der Waals surface area contributed by atoms with Crippen LogP contribution in [0.5, 0.6) is 0 Å². The third-order valence-corrected chi connectivity index (χ3v) is 4.77. The maximum Gasteiger partial charge on any atom is 0.238 e. The fraction of sp³-hybridized carbons (Fsp3) is 0.611. The summed E-state index contributed by atoms with van der Waals surface area (Å²) in [5, 5.41) is 3.01. The lowest BCUT2D eigenvalue weighted by Gasteiger charge is -2.29. The average molecular weight is 317 g/mol. The number of anilines is 2. The number of piperidine rings is 1. The van der Waals surface area contributed by atoms with E-state index in [4.69, 9.17) is 4.74 Å². The van der Waals surface area contributed by atoms with Gasteiger partial charge in [-0.1, -0.05) is 6.92 Å². The van der Waals surface area contributed by atoms with E-state index < -0.39 is 0 Å². The second kappa shape index (κ2) is 7.79. The molecule has 2 saturated heterocycles. The molecule has 1 aromatic rings. The molecule has 0 atom stereocenters. The number of hydrogen-bond donors (Lipinski definition) is 1. The Morgan fingerprint density at radius 2 is 1.78 bits per heavy atom. The van der Waals surface area contributed by atoms with Crippen molar-refractivity contribution in [3.63, 3.8) is 0 Å². The molecule has 3 rings (SSSR count). The molecule has 0 aromatic heterocycles. The minimum absolute atomic E-state index is 0.0821. The van der Waals surface area contributed by atoms with Crippen molar-refractivity contribution < 1.29 is 9.53 Å². The standard InChI is InChI=1S/C18H27N3O2/c1-15-6-8-20(9-7-15)14-18(22)19-16-2-4-17(5-3-16)21-10-12-23-13-11-21/h2-5,15H,6-14H2,1H3,(H,19,22). The van der Waals surface area contributed by atoms with Crippen LogP contribution in [-0.2, 0) is 9.53 Å². The van der Waals surface area contributed by atoms with E-state index >= 15 is 0 Å². The van der Waals surface area contributed by atoms with Crippen molar-refractivity contribution in [2.45, 2.75) is 19.8 Å². The molecule has 5 heteroatoms. The molecule has 0 radical (unpaired) electrons. The Hall–Kier alpha value is -1.59. The molecular formula is C18H27N3O2. The molecule has 0 saturated carbocycles. The van der Waals surface area contributed by atoms with Crippen LogP contribution < -0.4 is 10.2 Å². The number of likely N-dealkylation sites (tertiary alicyclic amines) is 1. The number of ether oxygens (including phenoxy) is 1. The Morgan fingerprint density at radius 1 is 1.13 bits per heavy atom. The number of hydrogen-bond acceptors (Lipinski definition) is 4. The Labute approximate surface area is 138 Å². The van der Waals surface area contributed by atoms with Gasteiger partial charge in [-0.2, -0.15) is 0 Å². The summed E-state index contributed by atoms with van der Waals surface area (Å²) in [4.78, 5) is 16.7. The van der Waals surface area contributed by atoms with E-state index in [0.29, 0.717) is 6.54 Å². The second-order valence-electron chi connectivity index (χ2n) is 6.65. The normalized spacial score (nSPS) is 20.5. The Bertz CT molecular complexity index is 504. The molecule has 1 N–H and O–H groups in total. The molecule has 0 aliphatic carbocycles. The first-order valence-corrected chi connectivity index (χ1v) is 8.65. The van der Waals surface area contributed by atoms with Crippen molar-refractivity contribution >= 4 is 17.3 Å². The van der Waals surface area contributed by atoms with Crippen LogP contribution in [-0.4, -0.2) is 56.7 Å². The molecule has 2 aliphatic heterocycles. The summed E-state index contributed by atoms with van der Waals surface area (Å²) in [5.41, 5.74) is 2.06. The summed E-state index contributed by atoms with van der Waals surface area (Å²) in [7, 11) is 0. The minimum Gasteiger partial charge on any atom is -0.378 e. The summed E-state index contributed by atoms with van der Waals surface area (Å²) in [6.07, 6.45) is 2.39. The maximum absolute atomic E-state index is 12.2. The van der Waals surface area contributed by atoms with Crippen molar-refractivity contribution in [3.05, 3.63) is 24.3 Å². The number of morpholine rings is 1. The van der Waals surface area contributed by atoms with Gasteiger partial charge in [0.25, 0.3) is 0 Å². The third-order valence-electron chi connectivity index (χ3n) is 4.77. The lowest BCUT2D eigenvalue weighted by molar-refractivity contribution is -0.117. The van der Waals surface area contributed by atoms with E-state index in [-0.39, 0.29) is 5.91 Å². The molecule has 2 heterocycles. The number of carbonyl (C=O) groups is 1. The van der Waals surface area contributed by atoms with E-state index in [1.54, 1.807) is 0 Å². The van der Waals surface area contributed by atoms with Gasteiger partial charge in [0.1, 0.15) is 0 Å². The predicted octanol–water partition coefficient (Wildman–Crippen LogP) is 2.19. The Morgan fingerprint density at radius 3 is 2.43 bits per heavy atom. The van der Waals surface area contributed by atoms with Gasteiger partial charge in [0.05, 0.1) is 19.8 Å². The SMILES string of the molecule is CC1CCN(CC(=O)Nc2ccc(N3CCOCC3)cc2)CC1. The van der Waals surface area contributed by atoms with Gasteiger partial charge in [0.2, 0.25) is 5.91 Å². The van der Waals surface area contributed by atoms with Gasteiger partial charge < -0.3 is 15.0 Å². The van der Waals surface area contributed by atoms with Crippen LogP contribution in [0.15, 0.2) is 24.3 Å². The monoisotopic (exact) mass is 317 g/mol. The van der Waals surface area contributed by atoms with Crippen LogP contribution in [0.4, 0.5) is 11.4 Å². The smallest absolute Gasteiger partial charge is 0.238 e. The van der Waals surface area contributed by atoms with Crippen LogP contribution >= 0.6 is 0 Å². The van der Waals surface area contributed by atoms with Gasteiger partial charge in [-0.3, -0.25) is 9.69 Å². The highest BCUT2D eigenvalue weighted by molar-refractivity contribution is 5.92. The summed E-state index contributed by atoms with van der Waals surface area (Å²) in [5.74, 6) is 0.876. The van der Waals surface area contributed by atoms with E-state index in [1.807, 2.05) is 12.1 Å². The van der Waals surface area contributed by atoms with E-state index in [9.17, 15) is 4.79 Å². The quantitative estimate of drug-likeness (QED) is 0.925. The van der Waals surface area contributed by atoms with Crippen LogP contribution in [0.25, 0.3) is 0 Å². The predicted molar refractivity (Wildman–Crippen MR) is 92.9 cm³/mol. The van der Waals surface area contributed by atoms with Crippen LogP contribution in [0.1, 0.15) is 19.8 Å². The average Bonchev–Trinajstić information content (AvgIpc) is 2.58. The largest absolute Gasteiger partial charge is 0.378 e. The number of carbonyl (C=O) groups excluding carboxylic acids is 1. The van der Waals surface area contributed by atoms with Crippen molar-refractivity contribution in [2.75, 3.05) is 56.2 Å². The van der Waals surface area contributed by atoms with Crippen molar-refractivity contribution in [3.8, 4) is 0 Å². The van der Waals surface area contributed by atoms with Crippen LogP contribution in [0.3, 0.4) is 0 Å². The molecule has 126 valence electrons. The van der Waals surface area contributed by atoms with Crippen molar-refractivity contribution in [1.29, 1.82) is 0 Å². The van der Waals surface area contributed by atoms with Gasteiger partial charge in [0.15, 0.2) is 0 Å². The molecule has 0 bridgehead atoms. The number of nitrogens with zero attached hydrogens (tertiary/aromatic N) is 2. The van der Waals surface area contributed by atoms with Gasteiger partial charge in [-0.25, -0.2) is 0 Å². The lowest BCUT2D eigenvalue weighted by atomic mass is 9.99. The van der Waals surface area contributed by atoms with Crippen molar-refractivity contribution in [1.82, 2.24) is 4.90 Å². The van der Waals surface area contributed by atoms with Gasteiger partial charge in [-0.15, -0.1) is 0 Å². The highest BCUT2D eigenvalue weighted by atomic mass is 16.5. The maximum atomic E-state index is 12.2. The van der Waals surface area contributed by atoms with Gasteiger partial charge in [0, 0.05) is 24.5 Å². The molecule has 5 nitrogen and oxygen atoms in total. The number of benzene rings is 1. The third kappa shape index (κ3) is 4.69. The summed E-state index contributed by atoms with van der Waals surface area (Å²) in [6, 6.07) is 8.12. The van der Waals surface area contributed by atoms with Crippen LogP contribution in [0.2, 0.25) is 0 Å². The first-order chi connectivity index (χ1) is 11.2. The molecule has 1 aromatic carbocycles. The van der Waals surface area contributed by atoms with E-state index in [1.165, 1.54) is 18.5 Å². The van der Waals surface area contributed by atoms with E-state index in [0.717, 1.165) is 51.0 Å². The molecule has 0 spiro atoms. The summed E-state index contributed by atoms with van der Waals surface area (Å²) >= 11 is 0. The highest BCUT2D eigenvalue weighted by Gasteiger charge is 2.18. The first kappa shape index (κ1) is 16.3. The summed E-state index contributed by atoms with van der Waals surface area (Å²) < 4.78 is 5.37. The lowest BCUT2D eigenvalue weighted by Crippen LogP contribution is -2.38. The Balaban J connectivity index is 1.48. The molecule has 1 amide bonds. The van der Waals surface area contributed by atoms with E-state index in [2.05, 4.69) is 34.2 Å². The zero-order valence-corrected chi connectivity index (χ0v) is 14.0. The summed E-state index contributed by atoms with van der Waals surface area (Å²) in [6.45, 7) is 8.28. The molecule has 23 heavy (non-hydrogen) atoms. The van der Waals surface area contributed by atoms with Gasteiger partial charge >= 0.3 is 0 Å². The fourth-order valence-corrected chi connectivity index (χ4v) is 3.20.